The van der Waals surface area contributed by atoms with Crippen LogP contribution in [0.3, 0.4) is 0 Å². The molecule has 1 amide bonds. The zero-order valence-electron chi connectivity index (χ0n) is 14.7. The fraction of sp³-hybridized carbons (Fsp3) is 0.300. The molecule has 136 valence electrons. The Hall–Kier alpha value is -2.60. The molecule has 0 saturated heterocycles. The first-order chi connectivity index (χ1) is 12.7. The van der Waals surface area contributed by atoms with E-state index in [1.165, 1.54) is 11.5 Å². The number of benzene rings is 2. The van der Waals surface area contributed by atoms with Gasteiger partial charge in [-0.1, -0.05) is 41.9 Å². The predicted octanol–water partition coefficient (Wildman–Crippen LogP) is 3.21. The number of methoxy groups -OCH3 is 1. The lowest BCUT2D eigenvalue weighted by atomic mass is 10.1. The van der Waals surface area contributed by atoms with Crippen molar-refractivity contribution in [1.29, 1.82) is 0 Å². The van der Waals surface area contributed by atoms with E-state index in [4.69, 9.17) is 4.74 Å². The van der Waals surface area contributed by atoms with Crippen molar-refractivity contribution in [2.24, 2.45) is 0 Å². The quantitative estimate of drug-likeness (QED) is 0.662. The average molecular weight is 370 g/mol. The number of nitrogens with one attached hydrogen (secondary N) is 1. The van der Waals surface area contributed by atoms with E-state index in [9.17, 15) is 9.59 Å². The van der Waals surface area contributed by atoms with Gasteiger partial charge in [0.25, 0.3) is 5.56 Å². The van der Waals surface area contributed by atoms with Crippen molar-refractivity contribution in [1.82, 2.24) is 9.27 Å². The Balaban J connectivity index is 1.44. The third-order valence-electron chi connectivity index (χ3n) is 4.23. The second kappa shape index (κ2) is 8.67. The number of amides is 1. The molecule has 6 heteroatoms. The molecule has 26 heavy (non-hydrogen) atoms. The Kier molecular flexibility index (Phi) is 6.07. The van der Waals surface area contributed by atoms with E-state index < -0.39 is 0 Å². The van der Waals surface area contributed by atoms with Gasteiger partial charge >= 0.3 is 0 Å². The smallest absolute Gasteiger partial charge is 0.268 e. The number of fused-ring (bicyclic) bond motifs is 1. The molecule has 0 spiro atoms. The first kappa shape index (κ1) is 18.2. The lowest BCUT2D eigenvalue weighted by Gasteiger charge is -2.09. The largest absolute Gasteiger partial charge is 0.496 e. The summed E-state index contributed by atoms with van der Waals surface area (Å²) in [4.78, 5) is 24.3. The van der Waals surface area contributed by atoms with E-state index in [0.717, 1.165) is 27.8 Å². The monoisotopic (exact) mass is 370 g/mol. The van der Waals surface area contributed by atoms with Gasteiger partial charge in [-0.05, 0) is 36.6 Å². The summed E-state index contributed by atoms with van der Waals surface area (Å²) < 4.78 is 8.02. The average Bonchev–Trinajstić information content (AvgIpc) is 2.98. The fourth-order valence-corrected chi connectivity index (χ4v) is 3.91. The number of hydrogen-bond acceptors (Lipinski definition) is 4. The van der Waals surface area contributed by atoms with Crippen LogP contribution < -0.4 is 15.6 Å². The molecule has 1 aromatic heterocycles. The minimum absolute atomic E-state index is 0.00839. The first-order valence-electron chi connectivity index (χ1n) is 8.66. The van der Waals surface area contributed by atoms with Gasteiger partial charge in [0.15, 0.2) is 0 Å². The maximum Gasteiger partial charge on any atom is 0.268 e. The molecule has 1 N–H and O–H groups in total. The molecule has 0 aliphatic carbocycles. The summed E-state index contributed by atoms with van der Waals surface area (Å²) in [5.74, 6) is 0.847. The number of ether oxygens (including phenoxy) is 1. The number of nitrogens with zero attached hydrogens (tertiary/aromatic N) is 1. The van der Waals surface area contributed by atoms with Crippen molar-refractivity contribution in [3.8, 4) is 5.75 Å². The maximum atomic E-state index is 12.3. The molecule has 0 radical (unpaired) electrons. The van der Waals surface area contributed by atoms with Crippen molar-refractivity contribution < 1.29 is 9.53 Å². The number of para-hydroxylation sites is 1. The second-order valence-corrected chi connectivity index (χ2v) is 7.07. The molecule has 0 saturated carbocycles. The van der Waals surface area contributed by atoms with Crippen LogP contribution in [0.5, 0.6) is 5.75 Å². The summed E-state index contributed by atoms with van der Waals surface area (Å²) in [6.45, 7) is 1.14. The van der Waals surface area contributed by atoms with Crippen molar-refractivity contribution in [2.75, 3.05) is 13.7 Å². The van der Waals surface area contributed by atoms with Crippen LogP contribution in [0.25, 0.3) is 10.1 Å². The number of hydrogen-bond donors (Lipinski definition) is 1. The molecule has 0 aliphatic rings. The molecule has 0 unspecified atom stereocenters. The lowest BCUT2D eigenvalue weighted by molar-refractivity contribution is -0.121. The Morgan fingerprint density at radius 1 is 1.15 bits per heavy atom. The zero-order valence-corrected chi connectivity index (χ0v) is 15.6. The molecule has 0 fully saturated rings. The number of rotatable bonds is 8. The fourth-order valence-electron chi connectivity index (χ4n) is 2.88. The molecule has 2 aromatic carbocycles. The van der Waals surface area contributed by atoms with Crippen LogP contribution in [0.1, 0.15) is 18.4 Å². The second-order valence-electron chi connectivity index (χ2n) is 6.01. The van der Waals surface area contributed by atoms with E-state index in [-0.39, 0.29) is 11.5 Å². The van der Waals surface area contributed by atoms with Gasteiger partial charge in [0, 0.05) is 19.5 Å². The topological polar surface area (TPSA) is 60.3 Å². The van der Waals surface area contributed by atoms with Gasteiger partial charge in [-0.25, -0.2) is 0 Å². The van der Waals surface area contributed by atoms with Gasteiger partial charge in [-0.15, -0.1) is 0 Å². The van der Waals surface area contributed by atoms with Crippen LogP contribution in [0.2, 0.25) is 0 Å². The normalized spacial score (nSPS) is 10.8. The van der Waals surface area contributed by atoms with E-state index in [0.29, 0.717) is 25.9 Å². The van der Waals surface area contributed by atoms with E-state index in [1.54, 1.807) is 11.1 Å². The first-order valence-corrected chi connectivity index (χ1v) is 9.44. The SMILES string of the molecule is COc1ccccc1CCNC(=O)CCCn1sc2ccccc2c1=O. The molecule has 0 aliphatic heterocycles. The molecule has 0 bridgehead atoms. The van der Waals surface area contributed by atoms with Crippen molar-refractivity contribution in [3.63, 3.8) is 0 Å². The van der Waals surface area contributed by atoms with Crippen molar-refractivity contribution in [3.05, 3.63) is 64.4 Å². The lowest BCUT2D eigenvalue weighted by Crippen LogP contribution is -2.26. The van der Waals surface area contributed by atoms with Gasteiger partial charge in [0.05, 0.1) is 17.2 Å². The zero-order chi connectivity index (χ0) is 18.4. The molecule has 0 atom stereocenters. The molecule has 3 rings (SSSR count). The van der Waals surface area contributed by atoms with Gasteiger partial charge in [-0.3, -0.25) is 13.5 Å². The third-order valence-corrected chi connectivity index (χ3v) is 5.35. The van der Waals surface area contributed by atoms with Gasteiger partial charge in [-0.2, -0.15) is 0 Å². The van der Waals surface area contributed by atoms with Crippen molar-refractivity contribution in [2.45, 2.75) is 25.8 Å². The van der Waals surface area contributed by atoms with E-state index >= 15 is 0 Å². The summed E-state index contributed by atoms with van der Waals surface area (Å²) in [5, 5.41) is 3.68. The number of carbonyl (C=O) groups excluding carboxylic acids is 1. The van der Waals surface area contributed by atoms with Crippen LogP contribution in [-0.4, -0.2) is 23.5 Å². The van der Waals surface area contributed by atoms with Crippen LogP contribution in [-0.2, 0) is 17.8 Å². The highest BCUT2D eigenvalue weighted by Gasteiger charge is 2.08. The van der Waals surface area contributed by atoms with Gasteiger partial charge in [0.2, 0.25) is 5.91 Å². The third kappa shape index (κ3) is 4.32. The van der Waals surface area contributed by atoms with E-state index in [2.05, 4.69) is 5.32 Å². The van der Waals surface area contributed by atoms with Gasteiger partial charge in [0.1, 0.15) is 5.75 Å². The van der Waals surface area contributed by atoms with Crippen molar-refractivity contribution >= 4 is 27.5 Å². The maximum absolute atomic E-state index is 12.3. The summed E-state index contributed by atoms with van der Waals surface area (Å²) in [6.07, 6.45) is 1.78. The van der Waals surface area contributed by atoms with Crippen LogP contribution in [0, 0.1) is 0 Å². The summed E-state index contributed by atoms with van der Waals surface area (Å²) >= 11 is 1.45. The summed E-state index contributed by atoms with van der Waals surface area (Å²) in [5.41, 5.74) is 1.11. The van der Waals surface area contributed by atoms with Crippen LogP contribution in [0.15, 0.2) is 53.3 Å². The number of carbonyl (C=O) groups is 1. The Morgan fingerprint density at radius 2 is 1.92 bits per heavy atom. The Labute approximate surface area is 156 Å². The molecule has 3 aromatic rings. The standard InChI is InChI=1S/C20H22N2O3S/c1-25-17-9-4-2-7-15(17)12-13-21-19(23)11-6-14-22-20(24)16-8-3-5-10-18(16)26-22/h2-5,7-10H,6,11-14H2,1H3,(H,21,23). The molecule has 1 heterocycles. The molecular formula is C20H22N2O3S. The minimum atomic E-state index is 0.00839. The molecule has 5 nitrogen and oxygen atoms in total. The summed E-state index contributed by atoms with van der Waals surface area (Å²) in [7, 11) is 1.65. The predicted molar refractivity (Wildman–Crippen MR) is 105 cm³/mol. The Bertz CT molecular complexity index is 945. The molecular weight excluding hydrogens is 348 g/mol. The minimum Gasteiger partial charge on any atom is -0.496 e. The number of aromatic nitrogens is 1. The van der Waals surface area contributed by atoms with Gasteiger partial charge < -0.3 is 10.1 Å². The Morgan fingerprint density at radius 3 is 2.73 bits per heavy atom. The highest BCUT2D eigenvalue weighted by atomic mass is 32.1. The van der Waals surface area contributed by atoms with E-state index in [1.807, 2.05) is 48.5 Å². The van der Waals surface area contributed by atoms with Crippen LogP contribution >= 0.6 is 11.5 Å². The van der Waals surface area contributed by atoms with Crippen LogP contribution in [0.4, 0.5) is 0 Å². The number of aryl methyl sites for hydroxylation is 1. The highest BCUT2D eigenvalue weighted by Crippen LogP contribution is 2.17. The summed E-state index contributed by atoms with van der Waals surface area (Å²) in [6, 6.07) is 15.4. The highest BCUT2D eigenvalue weighted by molar-refractivity contribution is 7.13.